The Morgan fingerprint density at radius 2 is 1.89 bits per heavy atom. The lowest BCUT2D eigenvalue weighted by atomic mass is 9.69. The van der Waals surface area contributed by atoms with Crippen LogP contribution in [0.4, 0.5) is 5.69 Å². The Hall–Kier alpha value is -4.24. The number of methoxy groups -OCH3 is 1. The summed E-state index contributed by atoms with van der Waals surface area (Å²) >= 11 is 0. The number of guanidine groups is 1. The van der Waals surface area contributed by atoms with Gasteiger partial charge in [-0.25, -0.2) is 0 Å². The molecule has 55 heavy (non-hydrogen) atoms. The third kappa shape index (κ3) is 9.96. The number of aryl methyl sites for hydroxylation is 1. The van der Waals surface area contributed by atoms with Crippen LogP contribution < -0.4 is 25.4 Å². The number of aromatic hydroxyl groups is 2. The monoisotopic (exact) mass is 756 g/mol. The molecule has 1 heterocycles. The van der Waals surface area contributed by atoms with E-state index in [-0.39, 0.29) is 35.2 Å². The molecule has 0 spiro atoms. The van der Waals surface area contributed by atoms with Gasteiger partial charge in [-0.3, -0.25) is 15.1 Å². The van der Waals surface area contributed by atoms with Crippen molar-refractivity contribution in [1.82, 2.24) is 10.6 Å². The van der Waals surface area contributed by atoms with Crippen LogP contribution in [0.1, 0.15) is 101 Å². The maximum atomic E-state index is 14.3. The predicted molar refractivity (Wildman–Crippen MR) is 214 cm³/mol. The first-order valence-corrected chi connectivity index (χ1v) is 20.2. The lowest BCUT2D eigenvalue weighted by Crippen LogP contribution is -2.43. The van der Waals surface area contributed by atoms with E-state index in [1.54, 1.807) is 19.2 Å². The summed E-state index contributed by atoms with van der Waals surface area (Å²) < 4.78 is 18.3. The van der Waals surface area contributed by atoms with Crippen LogP contribution in [0.3, 0.4) is 0 Å². The highest BCUT2D eigenvalue weighted by Gasteiger charge is 2.47. The zero-order valence-electron chi connectivity index (χ0n) is 32.8. The molecule has 0 unspecified atom stereocenters. The molecule has 5 atom stereocenters. The molecule has 298 valence electrons. The van der Waals surface area contributed by atoms with Crippen molar-refractivity contribution in [2.24, 2.45) is 22.2 Å². The van der Waals surface area contributed by atoms with Crippen LogP contribution in [0.5, 0.6) is 23.0 Å². The van der Waals surface area contributed by atoms with Gasteiger partial charge in [0.25, 0.3) is 0 Å². The van der Waals surface area contributed by atoms with E-state index >= 15 is 0 Å². The average molecular weight is 757 g/mol. The lowest BCUT2D eigenvalue weighted by Gasteiger charge is -2.33. The number of likely N-dealkylation sites (N-methyl/N-ethyl adjacent to an activating group) is 1. The van der Waals surface area contributed by atoms with Crippen LogP contribution in [0, 0.1) is 29.2 Å². The zero-order valence-corrected chi connectivity index (χ0v) is 32.8. The number of aliphatic hydroxyl groups excluding tert-OH is 1. The van der Waals surface area contributed by atoms with Gasteiger partial charge in [-0.15, -0.1) is 0 Å². The van der Waals surface area contributed by atoms with Gasteiger partial charge in [-0.2, -0.15) is 0 Å². The Bertz CT molecular complexity index is 1760. The summed E-state index contributed by atoms with van der Waals surface area (Å²) in [5.41, 5.74) is 1.09. The Morgan fingerprint density at radius 3 is 2.67 bits per heavy atom. The minimum Gasteiger partial charge on any atom is -0.504 e. The van der Waals surface area contributed by atoms with Crippen LogP contribution >= 0.6 is 0 Å². The number of nitrogens with zero attached hydrogens (tertiary/aromatic N) is 1. The molecule has 11 nitrogen and oxygen atoms in total. The Balaban J connectivity index is 1.23. The van der Waals surface area contributed by atoms with E-state index in [2.05, 4.69) is 32.9 Å². The van der Waals surface area contributed by atoms with E-state index < -0.39 is 17.3 Å². The van der Waals surface area contributed by atoms with Crippen LogP contribution in [0.15, 0.2) is 47.5 Å². The van der Waals surface area contributed by atoms with Gasteiger partial charge < -0.3 is 40.2 Å². The number of hydrogen-bond acceptors (Lipinski definition) is 9. The molecule has 1 aliphatic heterocycles. The van der Waals surface area contributed by atoms with Crippen molar-refractivity contribution in [2.45, 2.75) is 121 Å². The topological polar surface area (TPSA) is 154 Å². The highest BCUT2D eigenvalue weighted by atomic mass is 16.6. The minimum atomic E-state index is -0.792. The Morgan fingerprint density at radius 1 is 1.05 bits per heavy atom. The van der Waals surface area contributed by atoms with E-state index in [9.17, 15) is 20.1 Å². The number of phenols is 2. The van der Waals surface area contributed by atoms with Crippen LogP contribution in [0.2, 0.25) is 0 Å². The summed E-state index contributed by atoms with van der Waals surface area (Å²) in [6.07, 6.45) is 16.4. The quantitative estimate of drug-likeness (QED) is 0.0826. The molecule has 3 saturated carbocycles. The number of ether oxygens (including phenoxy) is 3. The summed E-state index contributed by atoms with van der Waals surface area (Å²) in [5, 5.41) is 42.4. The number of fused-ring (bicyclic) bond motifs is 3. The molecule has 0 aromatic heterocycles. The lowest BCUT2D eigenvalue weighted by molar-refractivity contribution is -0.152. The summed E-state index contributed by atoms with van der Waals surface area (Å²) in [5.74, 6) is 4.81. The minimum absolute atomic E-state index is 0.0207. The van der Waals surface area contributed by atoms with E-state index in [4.69, 9.17) is 14.2 Å². The number of phenolic OH excluding ortho intramolecular Hbond substituents is 2. The van der Waals surface area contributed by atoms with Gasteiger partial charge in [0.05, 0.1) is 18.9 Å². The molecule has 11 heteroatoms. The second-order valence-corrected chi connectivity index (χ2v) is 16.1. The van der Waals surface area contributed by atoms with Gasteiger partial charge in [-0.05, 0) is 125 Å². The maximum absolute atomic E-state index is 14.3. The summed E-state index contributed by atoms with van der Waals surface area (Å²) in [4.78, 5) is 18.6. The fraction of sp³-hybridized carbons (Fsp3) is 0.591. The number of aliphatic imine (C=N–C) groups is 1. The first-order chi connectivity index (χ1) is 26.7. The molecule has 3 aliphatic carbocycles. The van der Waals surface area contributed by atoms with Gasteiger partial charge >= 0.3 is 0 Å². The van der Waals surface area contributed by atoms with Crippen molar-refractivity contribution in [3.05, 3.63) is 53.6 Å². The van der Waals surface area contributed by atoms with E-state index in [0.717, 1.165) is 68.9 Å². The number of allylic oxidation sites excluding steroid dienone is 2. The number of aliphatic hydroxyl groups is 1. The van der Waals surface area contributed by atoms with Crippen LogP contribution in [0.25, 0.3) is 0 Å². The first-order valence-electron chi connectivity index (χ1n) is 20.2. The SMILES string of the molecule is CN=C1NC#CC[C@H]2CCC[C@]2(Cc2ccc(O)c(OC)c2)C(=O)C=CCCc2cc(c(O)c(O[C@@]3(CNC)CC[C@H](C[C@H](O)OC4CCCCC4)C3)c2)N1. The van der Waals surface area contributed by atoms with Gasteiger partial charge in [0.1, 0.15) is 5.60 Å². The van der Waals surface area contributed by atoms with Gasteiger partial charge in [-0.1, -0.05) is 43.7 Å². The molecular weight excluding hydrogens is 697 g/mol. The highest BCUT2D eigenvalue weighted by molar-refractivity contribution is 5.97. The molecule has 0 radical (unpaired) electrons. The normalized spacial score (nSPS) is 27.4. The number of benzene rings is 2. The molecule has 0 amide bonds. The van der Waals surface area contributed by atoms with Gasteiger partial charge in [0.15, 0.2) is 35.1 Å². The molecule has 6 N–H and O–H groups in total. The Labute approximate surface area is 326 Å². The Kier molecular flexibility index (Phi) is 13.7. The number of hydrogen-bond donors (Lipinski definition) is 6. The fourth-order valence-electron chi connectivity index (χ4n) is 9.43. The predicted octanol–water partition coefficient (Wildman–Crippen LogP) is 6.74. The van der Waals surface area contributed by atoms with Crippen molar-refractivity contribution in [2.75, 3.05) is 33.1 Å². The summed E-state index contributed by atoms with van der Waals surface area (Å²) in [6.45, 7) is 0.582. The van der Waals surface area contributed by atoms with E-state index in [1.165, 1.54) is 13.5 Å². The number of nitrogens with one attached hydrogen (secondary N) is 3. The van der Waals surface area contributed by atoms with Crippen LogP contribution in [-0.4, -0.2) is 72.8 Å². The molecule has 0 saturated heterocycles. The van der Waals surface area contributed by atoms with Crippen molar-refractivity contribution < 1.29 is 34.3 Å². The second kappa shape index (κ2) is 18.6. The first kappa shape index (κ1) is 40.4. The second-order valence-electron chi connectivity index (χ2n) is 16.1. The molecule has 3 fully saturated rings. The van der Waals surface area contributed by atoms with E-state index in [0.29, 0.717) is 68.2 Å². The van der Waals surface area contributed by atoms with Crippen LogP contribution in [-0.2, 0) is 22.4 Å². The van der Waals surface area contributed by atoms with Gasteiger partial charge in [0.2, 0.25) is 5.96 Å². The van der Waals surface area contributed by atoms with Gasteiger partial charge in [0, 0.05) is 37.9 Å². The fourth-order valence-corrected chi connectivity index (χ4v) is 9.43. The largest absolute Gasteiger partial charge is 0.504 e. The number of ketones is 1. The van der Waals surface area contributed by atoms with Crippen molar-refractivity contribution >= 4 is 17.4 Å². The summed E-state index contributed by atoms with van der Waals surface area (Å²) in [7, 11) is 5.08. The smallest absolute Gasteiger partial charge is 0.207 e. The van der Waals surface area contributed by atoms with Crippen molar-refractivity contribution in [3.63, 3.8) is 0 Å². The highest BCUT2D eigenvalue weighted by Crippen LogP contribution is 2.49. The van der Waals surface area contributed by atoms with Crippen molar-refractivity contribution in [1.29, 1.82) is 0 Å². The van der Waals surface area contributed by atoms with E-state index in [1.807, 2.05) is 37.4 Å². The number of carbonyl (C=O) groups is 1. The molecule has 6 rings (SSSR count). The zero-order chi connectivity index (χ0) is 38.8. The maximum Gasteiger partial charge on any atom is 0.207 e. The van der Waals surface area contributed by atoms with Crippen molar-refractivity contribution in [3.8, 4) is 35.0 Å². The number of carbonyl (C=O) groups excluding carboxylic acids is 1. The summed E-state index contributed by atoms with van der Waals surface area (Å²) in [6, 6.07) is 12.1. The average Bonchev–Trinajstić information content (AvgIpc) is 3.77. The molecule has 4 aliphatic rings. The standard InChI is InChI=1S/C44H60N4O7/c1-45-29-43(21-19-32(27-43)26-40(51)54-34-14-5-4-6-15-34)55-38-24-30-11-7-8-16-39(50)44(28-31-17-18-36(49)37(25-31)53-3)20-9-12-33(44)13-10-22-47-42(46-2)48-35(23-30)41(38)52/h8,16-18,23-25,32-34,40,45,49,51-52H,4-7,9,11-15,19-21,26-29H2,1-3H3,(H2,46,47,48)/t32-,33-,40-,43+,44-/m1/s1. The number of rotatable bonds is 11. The molecule has 2 aromatic rings. The molecule has 2 aromatic carbocycles. The number of anilines is 1. The third-order valence-corrected chi connectivity index (χ3v) is 12.2. The molecular formula is C44H60N4O7. The third-order valence-electron chi connectivity index (χ3n) is 12.2. The molecule has 2 bridgehead atoms.